The smallest absolute Gasteiger partial charge is 0.288 e. The fourth-order valence-corrected chi connectivity index (χ4v) is 6.33. The Labute approximate surface area is 183 Å². The van der Waals surface area contributed by atoms with Gasteiger partial charge in [-0.1, -0.05) is 99.5 Å². The number of rotatable bonds is 14. The average molecular weight is 475 g/mol. The summed E-state index contributed by atoms with van der Waals surface area (Å²) in [6.45, 7) is 2.59. The maximum absolute atomic E-state index is 11.9. The SMILES string of the molecule is CCCCCCCCCCCCO[S](=O)(=O)[AlH][c]1ccccc1.[Mn].[Zn]. The zero-order valence-corrected chi connectivity index (χ0v) is 22.0. The zero-order chi connectivity index (χ0) is 16.8. The molecule has 0 amide bonds. The molecule has 0 aliphatic heterocycles. The van der Waals surface area contributed by atoms with Gasteiger partial charge in [-0.25, -0.2) is 8.42 Å². The molecule has 1 rings (SSSR count). The van der Waals surface area contributed by atoms with Gasteiger partial charge in [-0.2, -0.15) is 0 Å². The van der Waals surface area contributed by atoms with Crippen LogP contribution in [0.3, 0.4) is 0 Å². The summed E-state index contributed by atoms with van der Waals surface area (Å²) in [7, 11) is -3.31. The van der Waals surface area contributed by atoms with Crippen LogP contribution in [0.4, 0.5) is 0 Å². The molecule has 1 radical (unpaired) electrons. The molecule has 25 heavy (non-hydrogen) atoms. The minimum atomic E-state index is -3.31. The normalized spacial score (nSPS) is 10.6. The van der Waals surface area contributed by atoms with Gasteiger partial charge in [0, 0.05) is 36.5 Å². The molecular weight excluding hydrogens is 444 g/mol. The Balaban J connectivity index is 0. The topological polar surface area (TPSA) is 43.4 Å². The maximum Gasteiger partial charge on any atom is 0.514 e. The molecule has 0 unspecified atom stereocenters. The van der Waals surface area contributed by atoms with Crippen molar-refractivity contribution < 1.29 is 49.1 Å². The Kier molecular flexibility index (Phi) is 20.4. The molecule has 1 aromatic carbocycles. The number of unbranched alkanes of at least 4 members (excludes halogenated alkanes) is 9. The van der Waals surface area contributed by atoms with E-state index in [2.05, 4.69) is 6.92 Å². The van der Waals surface area contributed by atoms with E-state index in [1.54, 1.807) is 0 Å². The van der Waals surface area contributed by atoms with Gasteiger partial charge in [0.05, 0.1) is 6.61 Å². The predicted molar refractivity (Wildman–Crippen MR) is 99.9 cm³/mol. The van der Waals surface area contributed by atoms with Crippen LogP contribution in [0.1, 0.15) is 71.1 Å². The molecule has 0 saturated carbocycles. The third-order valence-electron chi connectivity index (χ3n) is 3.95. The summed E-state index contributed by atoms with van der Waals surface area (Å²) >= 11 is -1.39. The van der Waals surface area contributed by atoms with Crippen LogP contribution in [0, 0.1) is 0 Å². The van der Waals surface area contributed by atoms with Crippen molar-refractivity contribution in [3.8, 4) is 0 Å². The van der Waals surface area contributed by atoms with Crippen LogP contribution in [0.5, 0.6) is 0 Å². The Morgan fingerprint density at radius 3 is 1.84 bits per heavy atom. The molecule has 3 nitrogen and oxygen atoms in total. The van der Waals surface area contributed by atoms with Crippen LogP contribution in [0.25, 0.3) is 0 Å². The second-order valence-corrected chi connectivity index (χ2v) is 11.6. The Morgan fingerprint density at radius 2 is 1.32 bits per heavy atom. The molecule has 0 bridgehead atoms. The Bertz CT molecular complexity index is 500. The summed E-state index contributed by atoms with van der Waals surface area (Å²) in [4.78, 5) is 0. The molecule has 0 aliphatic carbocycles. The number of hydrogen-bond acceptors (Lipinski definition) is 3. The van der Waals surface area contributed by atoms with Gasteiger partial charge in [0.1, 0.15) is 0 Å². The molecule has 0 N–H and O–H groups in total. The van der Waals surface area contributed by atoms with Gasteiger partial charge in [-0.15, -0.1) is 0 Å². The van der Waals surface area contributed by atoms with Crippen molar-refractivity contribution in [1.82, 2.24) is 0 Å². The van der Waals surface area contributed by atoms with Gasteiger partial charge in [0.2, 0.25) is 0 Å². The van der Waals surface area contributed by atoms with Crippen molar-refractivity contribution in [1.29, 1.82) is 0 Å². The van der Waals surface area contributed by atoms with Crippen molar-refractivity contribution in [2.75, 3.05) is 6.61 Å². The first kappa shape index (κ1) is 28.0. The summed E-state index contributed by atoms with van der Waals surface area (Å²) in [6, 6.07) is 9.39. The van der Waals surface area contributed by atoms with E-state index in [0.717, 1.165) is 17.3 Å². The fraction of sp³-hybridized carbons (Fsp3) is 0.667. The first-order valence-electron chi connectivity index (χ1n) is 9.05. The van der Waals surface area contributed by atoms with Crippen molar-refractivity contribution in [2.24, 2.45) is 0 Å². The van der Waals surface area contributed by atoms with Gasteiger partial charge in [-0.3, -0.25) is 4.18 Å². The summed E-state index contributed by atoms with van der Waals surface area (Å²) in [5.74, 6) is 0. The van der Waals surface area contributed by atoms with Crippen LogP contribution < -0.4 is 4.43 Å². The second-order valence-electron chi connectivity index (χ2n) is 6.19. The largest absolute Gasteiger partial charge is 0.514 e. The van der Waals surface area contributed by atoms with Crippen molar-refractivity contribution >= 4 is 27.0 Å². The van der Waals surface area contributed by atoms with Gasteiger partial charge >= 0.3 is 14.1 Å². The predicted octanol–water partition coefficient (Wildman–Crippen LogP) is 3.93. The monoisotopic (exact) mass is 473 g/mol. The van der Waals surface area contributed by atoms with E-state index in [0.29, 0.717) is 6.61 Å². The second kappa shape index (κ2) is 18.2. The van der Waals surface area contributed by atoms with Gasteiger partial charge in [0.25, 0.3) is 0 Å². The average Bonchev–Trinajstić information content (AvgIpc) is 2.53. The standard InChI is InChI=1S/C12H25O3S.C6H5.Al.Mn.Zn.H/c1-2-3-4-5-6-7-8-9-10-11-12-15-16(13)14;1-2-4-6-5-3-1;;;;/h2-12H2,1H3;1-5H;;;;. The molecule has 7 heteroatoms. The quantitative estimate of drug-likeness (QED) is 0.303. The van der Waals surface area contributed by atoms with Crippen LogP contribution in [-0.4, -0.2) is 29.1 Å². The molecule has 0 spiro atoms. The minimum Gasteiger partial charge on any atom is -0.288 e. The van der Waals surface area contributed by atoms with Crippen molar-refractivity contribution in [2.45, 2.75) is 71.1 Å². The molecule has 0 fully saturated rings. The van der Waals surface area contributed by atoms with E-state index in [-0.39, 0.29) is 36.5 Å². The van der Waals surface area contributed by atoms with Crippen LogP contribution in [0.15, 0.2) is 30.3 Å². The summed E-state index contributed by atoms with van der Waals surface area (Å²) < 4.78 is 29.9. The molecule has 1 aromatic rings. The molecule has 0 atom stereocenters. The maximum atomic E-state index is 11.9. The molecule has 0 heterocycles. The van der Waals surface area contributed by atoms with E-state index >= 15 is 0 Å². The summed E-state index contributed by atoms with van der Waals surface area (Å²) in [5.41, 5.74) is 0. The van der Waals surface area contributed by atoms with E-state index in [1.165, 1.54) is 51.4 Å². The summed E-state index contributed by atoms with van der Waals surface area (Å²) in [6.07, 6.45) is 12.4. The van der Waals surface area contributed by atoms with Crippen LogP contribution in [0.2, 0.25) is 0 Å². The van der Waals surface area contributed by atoms with E-state index in [9.17, 15) is 8.42 Å². The molecule has 0 aromatic heterocycles. The van der Waals surface area contributed by atoms with Gasteiger partial charge < -0.3 is 0 Å². The molecular formula is C18H31AlMnO3SZn. The summed E-state index contributed by atoms with van der Waals surface area (Å²) in [5, 5.41) is 0. The third-order valence-corrected chi connectivity index (χ3v) is 8.19. The molecule has 139 valence electrons. The number of hydrogen-bond donors (Lipinski definition) is 0. The van der Waals surface area contributed by atoms with E-state index in [1.807, 2.05) is 30.3 Å². The van der Waals surface area contributed by atoms with Crippen molar-refractivity contribution in [3.63, 3.8) is 0 Å². The Hall–Kier alpha value is 0.805. The van der Waals surface area contributed by atoms with Crippen LogP contribution >= 0.6 is 0 Å². The fourth-order valence-electron chi connectivity index (χ4n) is 2.60. The molecule has 0 aliphatic rings. The van der Waals surface area contributed by atoms with E-state index < -0.39 is 22.6 Å². The third kappa shape index (κ3) is 16.7. The zero-order valence-electron chi connectivity index (χ0n) is 15.6. The van der Waals surface area contributed by atoms with Crippen LogP contribution in [-0.2, 0) is 49.2 Å². The van der Waals surface area contributed by atoms with Crippen molar-refractivity contribution in [3.05, 3.63) is 30.3 Å². The van der Waals surface area contributed by atoms with E-state index in [4.69, 9.17) is 4.18 Å². The number of benzene rings is 1. The van der Waals surface area contributed by atoms with Gasteiger partial charge in [0.15, 0.2) is 8.48 Å². The first-order valence-corrected chi connectivity index (χ1v) is 13.1. The first-order chi connectivity index (χ1) is 11.1. The Morgan fingerprint density at radius 1 is 0.840 bits per heavy atom. The van der Waals surface area contributed by atoms with Gasteiger partial charge in [-0.05, 0) is 6.42 Å². The minimum absolute atomic E-state index is 0. The molecule has 0 saturated heterocycles.